The average Bonchev–Trinajstić information content (AvgIpc) is 1.65. The van der Waals surface area contributed by atoms with E-state index in [4.69, 9.17) is 0 Å². The maximum atomic E-state index is 12.6. The van der Waals surface area contributed by atoms with E-state index in [9.17, 15) is 24.2 Å². The molecule has 0 saturated carbocycles. The molecule has 0 spiro atoms. The Morgan fingerprint density at radius 3 is 1.03 bits per heavy atom. The molecule has 125 heavy (non-hydrogen) atoms. The maximum Gasteiger partial charge on any atom is 0.284 e. The van der Waals surface area contributed by atoms with E-state index in [0.717, 1.165) is 79.2 Å². The molecular weight excluding hydrogens is 2280 g/mol. The zero-order valence-electron chi connectivity index (χ0n) is 69.6. The van der Waals surface area contributed by atoms with E-state index in [1.807, 2.05) is 345 Å². The monoisotopic (exact) mass is 2370 g/mol. The van der Waals surface area contributed by atoms with Gasteiger partial charge in [0.25, 0.3) is 11.8 Å². The Morgan fingerprint density at radius 2 is 0.720 bits per heavy atom. The van der Waals surface area contributed by atoms with E-state index in [1.54, 1.807) is 66.5 Å². The van der Waals surface area contributed by atoms with E-state index >= 15 is 0 Å². The average molecular weight is 2370 g/mol. The van der Waals surface area contributed by atoms with Crippen molar-refractivity contribution in [2.75, 3.05) is 10.0 Å². The van der Waals surface area contributed by atoms with Gasteiger partial charge in [0.2, 0.25) is 0 Å². The predicted octanol–water partition coefficient (Wildman–Crippen LogP) is 21.4. The number of para-hydroxylation sites is 4. The molecule has 0 atom stereocenters. The van der Waals surface area contributed by atoms with Gasteiger partial charge >= 0.3 is 0 Å². The van der Waals surface area contributed by atoms with Gasteiger partial charge in [-0.1, -0.05) is 186 Å². The van der Waals surface area contributed by atoms with Crippen molar-refractivity contribution in [3.8, 4) is 79.2 Å². The number of aromatic nitrogens is 12. The Kier molecular flexibility index (Phi) is 40.2. The molecule has 10 heterocycles. The molecule has 642 valence electrons. The summed E-state index contributed by atoms with van der Waals surface area (Å²) in [5, 5.41) is 56.5. The van der Waals surface area contributed by atoms with Crippen molar-refractivity contribution < 1.29 is 105 Å². The fraction of sp³-hybridized carbons (Fsp3) is 0.120. The largest absolute Gasteiger partial charge is 0.573 e. The molecule has 2 N–H and O–H groups in total. The minimum Gasteiger partial charge on any atom is -0.573 e. The van der Waals surface area contributed by atoms with Gasteiger partial charge in [-0.3, -0.25) is 33.3 Å². The summed E-state index contributed by atoms with van der Waals surface area (Å²) >= 11 is 0. The van der Waals surface area contributed by atoms with E-state index in [0.29, 0.717) is 46.8 Å². The first-order valence-electron chi connectivity index (χ1n) is 38.8. The summed E-state index contributed by atoms with van der Waals surface area (Å²) in [6.45, 7) is 15.6. The Balaban J connectivity index is 0.000000197. The number of aliphatic hydroxyl groups excluding tert-OH is 2. The van der Waals surface area contributed by atoms with E-state index in [2.05, 4.69) is 85.0 Å². The van der Waals surface area contributed by atoms with Gasteiger partial charge < -0.3 is 40.6 Å². The summed E-state index contributed by atoms with van der Waals surface area (Å²) in [5.74, 6) is -0.588. The Hall–Kier alpha value is -12.9. The molecule has 4 radical (unpaired) electrons. The summed E-state index contributed by atoms with van der Waals surface area (Å²) in [6.07, 6.45) is 15.2. The third-order valence-electron chi connectivity index (χ3n) is 17.3. The van der Waals surface area contributed by atoms with Gasteiger partial charge in [0.1, 0.15) is 22.7 Å². The molecule has 2 aliphatic heterocycles. The number of benzene rings is 8. The topological polar surface area (TPSA) is 247 Å². The maximum absolute atomic E-state index is 12.6. The molecule has 8 aromatic heterocycles. The zero-order chi connectivity index (χ0) is 85.2. The van der Waals surface area contributed by atoms with Crippen LogP contribution in [-0.4, -0.2) is 83.1 Å². The number of amides is 2. The number of hydrazone groups is 2. The van der Waals surface area contributed by atoms with Crippen molar-refractivity contribution in [2.24, 2.45) is 21.0 Å². The zero-order valence-corrected chi connectivity index (χ0v) is 79.1. The van der Waals surface area contributed by atoms with Crippen LogP contribution in [0.15, 0.2) is 392 Å². The van der Waals surface area contributed by atoms with Crippen LogP contribution in [0.4, 0.5) is 15.8 Å². The van der Waals surface area contributed by atoms with Crippen LogP contribution in [0.5, 0.6) is 0 Å². The third-order valence-corrected chi connectivity index (χ3v) is 17.3. The molecule has 0 fully saturated rings. The fourth-order valence-corrected chi connectivity index (χ4v) is 11.8. The van der Waals surface area contributed by atoms with Gasteiger partial charge in [-0.15, -0.1) is 77.9 Å². The molecule has 25 heteroatoms. The number of nitrogens with zero attached hydrogens (tertiary/aromatic N) is 16. The fourth-order valence-electron chi connectivity index (χ4n) is 11.8. The summed E-state index contributed by atoms with van der Waals surface area (Å²) < 4.78 is 16.1. The molecule has 16 aromatic rings. The number of rotatable bonds is 12. The minimum absolute atomic E-state index is 0. The molecule has 0 bridgehead atoms. The first kappa shape index (κ1) is 99.2. The van der Waals surface area contributed by atoms with Crippen LogP contribution in [0.25, 0.3) is 79.2 Å². The van der Waals surface area contributed by atoms with Gasteiger partial charge in [-0.25, -0.2) is 0 Å². The number of aliphatic hydroxyl groups is 2. The van der Waals surface area contributed by atoms with Crippen LogP contribution in [0, 0.1) is 40.9 Å². The number of allylic oxidation sites excluding steroid dienone is 2. The number of pyridine rings is 4. The van der Waals surface area contributed by atoms with E-state index in [1.165, 1.54) is 22.2 Å². The molecule has 2 amide bonds. The molecule has 0 unspecified atom stereocenters. The van der Waals surface area contributed by atoms with Gasteiger partial charge in [0.15, 0.2) is 0 Å². The second-order valence-electron chi connectivity index (χ2n) is 29.3. The summed E-state index contributed by atoms with van der Waals surface area (Å²) in [7, 11) is 0. The van der Waals surface area contributed by atoms with Gasteiger partial charge in [-0.05, 0) is 143 Å². The van der Waals surface area contributed by atoms with Crippen LogP contribution in [0.2, 0.25) is 0 Å². The molecule has 18 rings (SSSR count). The molecule has 8 aromatic carbocycles. The number of anilines is 2. The number of hydrogen-bond donors (Lipinski definition) is 2. The molecule has 0 aliphatic carbocycles. The summed E-state index contributed by atoms with van der Waals surface area (Å²) in [6, 6.07) is 109. The molecule has 20 nitrogen and oxygen atoms in total. The quantitative estimate of drug-likeness (QED) is 0.0656. The van der Waals surface area contributed by atoms with Crippen molar-refractivity contribution in [1.29, 1.82) is 0 Å². The Bertz CT molecular complexity index is 5490. The minimum atomic E-state index is -0.278. The summed E-state index contributed by atoms with van der Waals surface area (Å²) in [5.41, 5.74) is 15.8. The number of carbonyl (C=O) groups excluding carboxylic acids is 2. The number of halogens is 1. The predicted molar refractivity (Wildman–Crippen MR) is 476 cm³/mol. The second-order valence-corrected chi connectivity index (χ2v) is 29.3. The smallest absolute Gasteiger partial charge is 0.284 e. The van der Waals surface area contributed by atoms with Crippen molar-refractivity contribution in [3.05, 3.63) is 412 Å². The van der Waals surface area contributed by atoms with Crippen molar-refractivity contribution in [1.82, 2.24) is 59.9 Å². The normalized spacial score (nSPS) is 12.4. The molecule has 2 aliphatic rings. The Labute approximate surface area is 782 Å². The standard InChI is InChI=1S/2C16H20N2O2.2C14H10N3.C11H7FN.C11H8N.2C9H7N2.4Ir/c2*1-11-14(13(19)10-16(2,3)4)15(20)18(17-11)12-8-6-5-7-9-12;2*1-2-6-11(7-3-1)13-10-14(17-16-13)12-8-4-5-9-15-12;12-10-6-4-9(5-7-10)11-3-1-2-8-13-11;1-2-6-10(7-3-1)11-8-4-5-9-12-11;2*1-2-5-9(6-3-1)11-8-4-7-10-11;;;;/h2*5-9,19H,10H2,1-4H3;2*1-10H;1-4,6-8H;1-6,8-9H;2*1-5,7-8H;;;;/q;;6*-1;;;;. The molecular formula is C100H89FIr4N16O4-6. The van der Waals surface area contributed by atoms with Crippen LogP contribution >= 0.6 is 0 Å². The van der Waals surface area contributed by atoms with E-state index in [-0.39, 0.29) is 120 Å². The SMILES string of the molecule is CC1=NN(c2ccccc2)C(=O)C1=C(O)CC(C)(C)C.CC1=NN(c2ccccc2)C(=O)C1=C(O)CC(C)(C)C.Fc1c[c-]c(-c2ccccn2)cc1.[Ir].[Ir].[Ir].[Ir].[c-]1ccccc1-c1ccccn1.[c-]1ccccc1-n1cccn1.[c-]1ccccc1-n1cccn1.c1ccc(-c2cc(-c3ccccn3)[n-]n2)cc1.c1ccc(-c2cc(-c3ccccn3)[n-]n2)cc1. The van der Waals surface area contributed by atoms with Crippen LogP contribution in [0.1, 0.15) is 68.2 Å². The van der Waals surface area contributed by atoms with E-state index < -0.39 is 0 Å². The number of carbonyl (C=O) groups is 2. The van der Waals surface area contributed by atoms with Crippen molar-refractivity contribution in [3.63, 3.8) is 0 Å². The first-order valence-corrected chi connectivity index (χ1v) is 38.8. The third kappa shape index (κ3) is 30.8. The second kappa shape index (κ2) is 50.6. The van der Waals surface area contributed by atoms with Gasteiger partial charge in [0.05, 0.1) is 22.8 Å². The van der Waals surface area contributed by atoms with Crippen molar-refractivity contribution >= 4 is 34.6 Å². The summed E-state index contributed by atoms with van der Waals surface area (Å²) in [4.78, 5) is 41.7. The number of hydrogen-bond acceptors (Lipinski definition) is 14. The van der Waals surface area contributed by atoms with Crippen molar-refractivity contribution in [2.45, 2.75) is 68.2 Å². The van der Waals surface area contributed by atoms with Crippen LogP contribution in [-0.2, 0) is 90.0 Å². The first-order chi connectivity index (χ1) is 58.7. The van der Waals surface area contributed by atoms with Crippen LogP contribution in [0.3, 0.4) is 0 Å². The molecule has 0 saturated heterocycles. The van der Waals surface area contributed by atoms with Gasteiger partial charge in [0, 0.05) is 171 Å². The Morgan fingerprint density at radius 1 is 0.376 bits per heavy atom. The van der Waals surface area contributed by atoms with Crippen LogP contribution < -0.4 is 20.2 Å². The van der Waals surface area contributed by atoms with Gasteiger partial charge in [-0.2, -0.15) is 78.9 Å².